The van der Waals surface area contributed by atoms with Crippen LogP contribution in [0.3, 0.4) is 0 Å². The van der Waals surface area contributed by atoms with Crippen molar-refractivity contribution in [3.05, 3.63) is 30.1 Å². The van der Waals surface area contributed by atoms with Gasteiger partial charge in [-0.25, -0.2) is 0 Å². The molecule has 0 aliphatic carbocycles. The molecule has 0 fully saturated rings. The van der Waals surface area contributed by atoms with Gasteiger partial charge in [-0.05, 0) is 11.6 Å². The second-order valence-electron chi connectivity index (χ2n) is 2.81. The van der Waals surface area contributed by atoms with Gasteiger partial charge in [-0.2, -0.15) is 0 Å². The van der Waals surface area contributed by atoms with Crippen LogP contribution in [0, 0.1) is 0 Å². The molecule has 1 aromatic rings. The molecule has 1 aromatic heterocycles. The van der Waals surface area contributed by atoms with Crippen LogP contribution < -0.4 is 0 Å². The van der Waals surface area contributed by atoms with E-state index in [1.165, 1.54) is 14.2 Å². The zero-order valence-electron chi connectivity index (χ0n) is 8.27. The molecule has 0 saturated carbocycles. The highest BCUT2D eigenvalue weighted by atomic mass is 16.7. The number of nitrogens with zero attached hydrogens (tertiary/aromatic N) is 1. The summed E-state index contributed by atoms with van der Waals surface area (Å²) in [7, 11) is 2.88. The van der Waals surface area contributed by atoms with E-state index in [9.17, 15) is 4.79 Å². The molecule has 0 unspecified atom stereocenters. The molecule has 76 valence electrons. The first-order valence-electron chi connectivity index (χ1n) is 4.25. The van der Waals surface area contributed by atoms with Gasteiger partial charge in [0.25, 0.3) is 0 Å². The third-order valence-corrected chi connectivity index (χ3v) is 1.79. The van der Waals surface area contributed by atoms with Gasteiger partial charge in [-0.1, -0.05) is 6.07 Å². The van der Waals surface area contributed by atoms with Crippen molar-refractivity contribution in [1.29, 1.82) is 0 Å². The number of ketones is 1. The Bertz CT molecular complexity index is 283. The smallest absolute Gasteiger partial charge is 0.217 e. The lowest BCUT2D eigenvalue weighted by Gasteiger charge is -2.11. The van der Waals surface area contributed by atoms with Crippen LogP contribution in [0.5, 0.6) is 0 Å². The van der Waals surface area contributed by atoms with E-state index in [1.54, 1.807) is 18.5 Å². The Hall–Kier alpha value is -1.26. The summed E-state index contributed by atoms with van der Waals surface area (Å²) in [6.07, 6.45) is 2.81. The molecule has 4 heteroatoms. The summed E-state index contributed by atoms with van der Waals surface area (Å²) in [5.74, 6) is -0.108. The molecule has 4 nitrogen and oxygen atoms in total. The van der Waals surface area contributed by atoms with Gasteiger partial charge < -0.3 is 9.47 Å². The van der Waals surface area contributed by atoms with Gasteiger partial charge >= 0.3 is 0 Å². The summed E-state index contributed by atoms with van der Waals surface area (Å²) >= 11 is 0. The van der Waals surface area contributed by atoms with Crippen molar-refractivity contribution in [2.24, 2.45) is 0 Å². The van der Waals surface area contributed by atoms with Crippen molar-refractivity contribution in [1.82, 2.24) is 4.98 Å². The molecule has 0 N–H and O–H groups in total. The molecule has 0 saturated heterocycles. The van der Waals surface area contributed by atoms with E-state index in [2.05, 4.69) is 4.98 Å². The molecule has 0 aliphatic rings. The molecule has 1 rings (SSSR count). The van der Waals surface area contributed by atoms with Crippen LogP contribution in [0.1, 0.15) is 5.56 Å². The third kappa shape index (κ3) is 2.90. The number of carbonyl (C=O) groups is 1. The molecule has 0 atom stereocenters. The largest absolute Gasteiger partial charge is 0.349 e. The number of pyridine rings is 1. The summed E-state index contributed by atoms with van der Waals surface area (Å²) in [5.41, 5.74) is 0.858. The van der Waals surface area contributed by atoms with E-state index in [4.69, 9.17) is 9.47 Å². The summed E-state index contributed by atoms with van der Waals surface area (Å²) in [5, 5.41) is 0. The summed E-state index contributed by atoms with van der Waals surface area (Å²) in [6.45, 7) is 0. The van der Waals surface area contributed by atoms with Crippen molar-refractivity contribution >= 4 is 5.78 Å². The zero-order chi connectivity index (χ0) is 10.4. The van der Waals surface area contributed by atoms with Crippen molar-refractivity contribution in [2.45, 2.75) is 12.7 Å². The molecule has 0 bridgehead atoms. The fourth-order valence-electron chi connectivity index (χ4n) is 1.15. The number of rotatable bonds is 5. The maximum absolute atomic E-state index is 11.5. The molecule has 0 aliphatic heterocycles. The predicted octanol–water partition coefficient (Wildman–Crippen LogP) is 0.812. The normalized spacial score (nSPS) is 10.5. The minimum absolute atomic E-state index is 0.108. The fourth-order valence-corrected chi connectivity index (χ4v) is 1.15. The van der Waals surface area contributed by atoms with Crippen LogP contribution in [-0.4, -0.2) is 31.3 Å². The summed E-state index contributed by atoms with van der Waals surface area (Å²) in [6, 6.07) is 3.63. The van der Waals surface area contributed by atoms with Crippen molar-refractivity contribution in [3.8, 4) is 0 Å². The SMILES string of the molecule is COC(OC)C(=O)Cc1cccnc1. The molecule has 14 heavy (non-hydrogen) atoms. The van der Waals surface area contributed by atoms with E-state index >= 15 is 0 Å². The van der Waals surface area contributed by atoms with Crippen LogP contribution in [0.4, 0.5) is 0 Å². The first-order chi connectivity index (χ1) is 6.77. The number of methoxy groups -OCH3 is 2. The number of hydrogen-bond acceptors (Lipinski definition) is 4. The van der Waals surface area contributed by atoms with Gasteiger partial charge in [0.2, 0.25) is 6.29 Å². The van der Waals surface area contributed by atoms with Crippen molar-refractivity contribution in [2.75, 3.05) is 14.2 Å². The van der Waals surface area contributed by atoms with Gasteiger partial charge in [0, 0.05) is 33.0 Å². The minimum Gasteiger partial charge on any atom is -0.349 e. The monoisotopic (exact) mass is 195 g/mol. The second-order valence-corrected chi connectivity index (χ2v) is 2.81. The molecule has 0 spiro atoms. The number of aromatic nitrogens is 1. The lowest BCUT2D eigenvalue weighted by molar-refractivity contribution is -0.155. The second kappa shape index (κ2) is 5.47. The molecule has 1 heterocycles. The first-order valence-corrected chi connectivity index (χ1v) is 4.25. The zero-order valence-corrected chi connectivity index (χ0v) is 8.27. The maximum Gasteiger partial charge on any atom is 0.217 e. The van der Waals surface area contributed by atoms with E-state index < -0.39 is 6.29 Å². The molecule has 0 amide bonds. The molecule has 0 radical (unpaired) electrons. The highest BCUT2D eigenvalue weighted by Crippen LogP contribution is 2.02. The van der Waals surface area contributed by atoms with Crippen LogP contribution in [-0.2, 0) is 20.7 Å². The van der Waals surface area contributed by atoms with Crippen molar-refractivity contribution in [3.63, 3.8) is 0 Å². The van der Waals surface area contributed by atoms with Crippen LogP contribution in [0.2, 0.25) is 0 Å². The third-order valence-electron chi connectivity index (χ3n) is 1.79. The highest BCUT2D eigenvalue weighted by Gasteiger charge is 2.16. The topological polar surface area (TPSA) is 48.4 Å². The number of ether oxygens (including phenoxy) is 2. The molecular formula is C10H13NO3. The van der Waals surface area contributed by atoms with E-state index in [0.29, 0.717) is 0 Å². The van der Waals surface area contributed by atoms with E-state index in [1.807, 2.05) is 6.07 Å². The summed E-state index contributed by atoms with van der Waals surface area (Å²) < 4.78 is 9.68. The van der Waals surface area contributed by atoms with E-state index in [-0.39, 0.29) is 12.2 Å². The Balaban J connectivity index is 2.57. The van der Waals surface area contributed by atoms with Crippen molar-refractivity contribution < 1.29 is 14.3 Å². The number of carbonyl (C=O) groups excluding carboxylic acids is 1. The average Bonchev–Trinajstić information content (AvgIpc) is 2.21. The Morgan fingerprint density at radius 3 is 2.71 bits per heavy atom. The fraction of sp³-hybridized carbons (Fsp3) is 0.400. The lowest BCUT2D eigenvalue weighted by Crippen LogP contribution is -2.26. The molecule has 0 aromatic carbocycles. The first kappa shape index (κ1) is 10.8. The average molecular weight is 195 g/mol. The quantitative estimate of drug-likeness (QED) is 0.652. The van der Waals surface area contributed by atoms with Gasteiger partial charge in [0.1, 0.15) is 0 Å². The van der Waals surface area contributed by atoms with Gasteiger partial charge in [-0.15, -0.1) is 0 Å². The van der Waals surface area contributed by atoms with E-state index in [0.717, 1.165) is 5.56 Å². The Morgan fingerprint density at radius 2 is 2.21 bits per heavy atom. The predicted molar refractivity (Wildman–Crippen MR) is 50.8 cm³/mol. The minimum atomic E-state index is -0.782. The van der Waals surface area contributed by atoms with Crippen LogP contribution >= 0.6 is 0 Å². The number of hydrogen-bond donors (Lipinski definition) is 0. The maximum atomic E-state index is 11.5. The Labute approximate surface area is 82.9 Å². The van der Waals surface area contributed by atoms with Gasteiger partial charge in [-0.3, -0.25) is 9.78 Å². The standard InChI is InChI=1S/C10H13NO3/c1-13-10(14-2)9(12)6-8-4-3-5-11-7-8/h3-5,7,10H,6H2,1-2H3. The van der Waals surface area contributed by atoms with Crippen LogP contribution in [0.25, 0.3) is 0 Å². The highest BCUT2D eigenvalue weighted by molar-refractivity contribution is 5.83. The van der Waals surface area contributed by atoms with Gasteiger partial charge in [0.15, 0.2) is 5.78 Å². The van der Waals surface area contributed by atoms with Crippen LogP contribution in [0.15, 0.2) is 24.5 Å². The molecular weight excluding hydrogens is 182 g/mol. The Kier molecular flexibility index (Phi) is 4.22. The summed E-state index contributed by atoms with van der Waals surface area (Å²) in [4.78, 5) is 15.4. The van der Waals surface area contributed by atoms with Gasteiger partial charge in [0.05, 0.1) is 0 Å². The number of Topliss-reactive ketones (excluding diaryl/α,β-unsaturated/α-hetero) is 1. The lowest BCUT2D eigenvalue weighted by atomic mass is 10.1. The Morgan fingerprint density at radius 1 is 1.50 bits per heavy atom.